The van der Waals surface area contributed by atoms with Gasteiger partial charge in [0.15, 0.2) is 17.3 Å². The first-order valence-corrected chi connectivity index (χ1v) is 8.80. The molecule has 0 fully saturated rings. The van der Waals surface area contributed by atoms with Crippen LogP contribution in [0.3, 0.4) is 0 Å². The van der Waals surface area contributed by atoms with E-state index < -0.39 is 0 Å². The molecule has 2 aromatic heterocycles. The Bertz CT molecular complexity index is 852. The summed E-state index contributed by atoms with van der Waals surface area (Å²) in [4.78, 5) is 17.8. The predicted molar refractivity (Wildman–Crippen MR) is 97.3 cm³/mol. The van der Waals surface area contributed by atoms with Crippen molar-refractivity contribution in [2.45, 2.75) is 0 Å². The Morgan fingerprint density at radius 1 is 1.12 bits per heavy atom. The number of methoxy groups -OCH3 is 3. The van der Waals surface area contributed by atoms with Crippen LogP contribution in [-0.4, -0.2) is 36.6 Å². The predicted octanol–water partition coefficient (Wildman–Crippen LogP) is 3.54. The van der Waals surface area contributed by atoms with Crippen molar-refractivity contribution in [1.29, 1.82) is 0 Å². The summed E-state index contributed by atoms with van der Waals surface area (Å²) in [6, 6.07) is 7.02. The Morgan fingerprint density at radius 3 is 2.40 bits per heavy atom. The van der Waals surface area contributed by atoms with E-state index in [0.717, 1.165) is 16.4 Å². The Kier molecular flexibility index (Phi) is 5.15. The lowest BCUT2D eigenvalue weighted by Gasteiger charge is -2.13. The number of anilines is 1. The highest BCUT2D eigenvalue weighted by Gasteiger charge is 2.18. The van der Waals surface area contributed by atoms with Crippen molar-refractivity contribution in [3.05, 3.63) is 35.2 Å². The van der Waals surface area contributed by atoms with E-state index in [4.69, 9.17) is 14.2 Å². The maximum absolute atomic E-state index is 12.5. The number of benzene rings is 1. The minimum Gasteiger partial charge on any atom is -0.493 e. The van der Waals surface area contributed by atoms with Gasteiger partial charge >= 0.3 is 0 Å². The topological polar surface area (TPSA) is 82.6 Å². The fourth-order valence-electron chi connectivity index (χ4n) is 2.16. The van der Waals surface area contributed by atoms with Crippen molar-refractivity contribution >= 4 is 33.9 Å². The van der Waals surface area contributed by atoms with E-state index in [0.29, 0.717) is 33.8 Å². The van der Waals surface area contributed by atoms with Crippen molar-refractivity contribution in [2.75, 3.05) is 26.6 Å². The Morgan fingerprint density at radius 2 is 1.84 bits per heavy atom. The third-order valence-electron chi connectivity index (χ3n) is 3.31. The zero-order valence-corrected chi connectivity index (χ0v) is 15.4. The molecule has 0 saturated carbocycles. The molecular weight excluding hydrogens is 362 g/mol. The molecule has 2 heterocycles. The molecule has 9 heteroatoms. The third-order valence-corrected chi connectivity index (χ3v) is 4.81. The summed E-state index contributed by atoms with van der Waals surface area (Å²) in [5.41, 5.74) is 0.363. The van der Waals surface area contributed by atoms with Gasteiger partial charge in [-0.15, -0.1) is 11.3 Å². The summed E-state index contributed by atoms with van der Waals surface area (Å²) in [7, 11) is 4.50. The molecule has 0 radical (unpaired) electrons. The van der Waals surface area contributed by atoms with Gasteiger partial charge in [0, 0.05) is 17.1 Å². The van der Waals surface area contributed by atoms with E-state index in [2.05, 4.69) is 14.7 Å². The van der Waals surface area contributed by atoms with Gasteiger partial charge in [-0.05, 0) is 23.6 Å². The highest BCUT2D eigenvalue weighted by molar-refractivity contribution is 7.14. The molecule has 7 nitrogen and oxygen atoms in total. The van der Waals surface area contributed by atoms with Gasteiger partial charge in [0.25, 0.3) is 5.91 Å². The maximum Gasteiger partial charge on any atom is 0.257 e. The summed E-state index contributed by atoms with van der Waals surface area (Å²) < 4.78 is 20.0. The molecule has 0 spiro atoms. The molecule has 1 N–H and O–H groups in total. The fraction of sp³-hybridized carbons (Fsp3) is 0.188. The van der Waals surface area contributed by atoms with E-state index >= 15 is 0 Å². The number of carbonyl (C=O) groups excluding carboxylic acids is 1. The number of thiophene rings is 1. The van der Waals surface area contributed by atoms with E-state index in [-0.39, 0.29) is 5.91 Å². The van der Waals surface area contributed by atoms with Crippen LogP contribution in [-0.2, 0) is 0 Å². The second-order valence-corrected chi connectivity index (χ2v) is 6.47. The van der Waals surface area contributed by atoms with Gasteiger partial charge in [0.05, 0.1) is 26.2 Å². The molecule has 0 aliphatic rings. The number of ether oxygens (including phenoxy) is 3. The summed E-state index contributed by atoms with van der Waals surface area (Å²) in [5.74, 6) is 1.50. The van der Waals surface area contributed by atoms with Crippen LogP contribution < -0.4 is 19.5 Å². The third kappa shape index (κ3) is 3.57. The number of carbonyl (C=O) groups is 1. The second-order valence-electron chi connectivity index (χ2n) is 4.77. The molecule has 0 aliphatic carbocycles. The molecule has 130 valence electrons. The lowest BCUT2D eigenvalue weighted by atomic mass is 10.1. The Hall–Kier alpha value is -2.65. The summed E-state index contributed by atoms with van der Waals surface area (Å²) >= 11 is 2.67. The molecule has 0 atom stereocenters. The first-order valence-electron chi connectivity index (χ1n) is 7.15. The minimum absolute atomic E-state index is 0.340. The van der Waals surface area contributed by atoms with Gasteiger partial charge in [-0.2, -0.15) is 9.36 Å². The lowest BCUT2D eigenvalue weighted by molar-refractivity contribution is 0.102. The molecule has 0 bridgehead atoms. The van der Waals surface area contributed by atoms with Crippen LogP contribution in [0.1, 0.15) is 10.4 Å². The molecular formula is C16H15N3O4S2. The highest BCUT2D eigenvalue weighted by atomic mass is 32.1. The zero-order chi connectivity index (χ0) is 17.8. The molecule has 3 aromatic rings. The van der Waals surface area contributed by atoms with Crippen molar-refractivity contribution < 1.29 is 19.0 Å². The SMILES string of the molecule is COc1cc(C(=O)Nc2nc(-c3cccs3)ns2)cc(OC)c1OC. The molecule has 1 aromatic carbocycles. The first-order chi connectivity index (χ1) is 12.2. The molecule has 3 rings (SSSR count). The van der Waals surface area contributed by atoms with Crippen molar-refractivity contribution in [1.82, 2.24) is 9.36 Å². The Balaban J connectivity index is 1.84. The average Bonchev–Trinajstić information content (AvgIpc) is 3.31. The molecule has 1 amide bonds. The molecule has 0 unspecified atom stereocenters. The lowest BCUT2D eigenvalue weighted by Crippen LogP contribution is -2.12. The number of nitrogens with one attached hydrogen (secondary N) is 1. The summed E-state index contributed by atoms with van der Waals surface area (Å²) in [6.07, 6.45) is 0. The largest absolute Gasteiger partial charge is 0.493 e. The van der Waals surface area contributed by atoms with Crippen LogP contribution in [0, 0.1) is 0 Å². The van der Waals surface area contributed by atoms with Crippen LogP contribution in [0.15, 0.2) is 29.6 Å². The maximum atomic E-state index is 12.5. The van der Waals surface area contributed by atoms with Crippen LogP contribution >= 0.6 is 22.9 Å². The number of nitrogens with zero attached hydrogens (tertiary/aromatic N) is 2. The Labute approximate surface area is 152 Å². The van der Waals surface area contributed by atoms with Gasteiger partial charge in [-0.1, -0.05) is 6.07 Å². The van der Waals surface area contributed by atoms with Crippen LogP contribution in [0.25, 0.3) is 10.7 Å². The smallest absolute Gasteiger partial charge is 0.257 e. The number of hydrogen-bond acceptors (Lipinski definition) is 8. The van der Waals surface area contributed by atoms with E-state index in [1.165, 1.54) is 21.3 Å². The number of hydrogen-bond donors (Lipinski definition) is 1. The van der Waals surface area contributed by atoms with Crippen LogP contribution in [0.4, 0.5) is 5.13 Å². The quantitative estimate of drug-likeness (QED) is 0.707. The van der Waals surface area contributed by atoms with Crippen molar-refractivity contribution in [2.24, 2.45) is 0 Å². The average molecular weight is 377 g/mol. The molecule has 0 saturated heterocycles. The molecule has 0 aliphatic heterocycles. The van der Waals surface area contributed by atoms with Gasteiger partial charge in [0.1, 0.15) is 0 Å². The second kappa shape index (κ2) is 7.49. The van der Waals surface area contributed by atoms with E-state index in [1.807, 2.05) is 17.5 Å². The zero-order valence-electron chi connectivity index (χ0n) is 13.7. The van der Waals surface area contributed by atoms with Crippen LogP contribution in [0.2, 0.25) is 0 Å². The van der Waals surface area contributed by atoms with Gasteiger partial charge < -0.3 is 14.2 Å². The van der Waals surface area contributed by atoms with E-state index in [9.17, 15) is 4.79 Å². The number of aromatic nitrogens is 2. The van der Waals surface area contributed by atoms with Crippen molar-refractivity contribution in [3.63, 3.8) is 0 Å². The highest BCUT2D eigenvalue weighted by Crippen LogP contribution is 2.38. The normalized spacial score (nSPS) is 10.4. The summed E-state index contributed by atoms with van der Waals surface area (Å²) in [6.45, 7) is 0. The minimum atomic E-state index is -0.340. The van der Waals surface area contributed by atoms with Crippen LogP contribution in [0.5, 0.6) is 17.2 Å². The van der Waals surface area contributed by atoms with E-state index in [1.54, 1.807) is 23.5 Å². The molecule has 25 heavy (non-hydrogen) atoms. The van der Waals surface area contributed by atoms with Gasteiger partial charge in [-0.3, -0.25) is 10.1 Å². The van der Waals surface area contributed by atoms with Gasteiger partial charge in [0.2, 0.25) is 10.9 Å². The van der Waals surface area contributed by atoms with Crippen molar-refractivity contribution in [3.8, 4) is 28.0 Å². The first kappa shape index (κ1) is 17.2. The summed E-state index contributed by atoms with van der Waals surface area (Å²) in [5, 5.41) is 5.11. The number of rotatable bonds is 6. The fourth-order valence-corrected chi connectivity index (χ4v) is 3.45. The standard InChI is InChI=1S/C16H15N3O4S2/c1-21-10-7-9(8-11(22-2)13(10)23-3)15(20)18-16-17-14(19-25-16)12-5-4-6-24-12/h4-8H,1-3H3,(H,17,18,19,20). The number of amides is 1. The van der Waals surface area contributed by atoms with Gasteiger partial charge in [-0.25, -0.2) is 0 Å². The monoisotopic (exact) mass is 377 g/mol.